The first-order valence-corrected chi connectivity index (χ1v) is 3.64. The fourth-order valence-electron chi connectivity index (χ4n) is 0.667. The molecule has 0 unspecified atom stereocenters. The number of allylic oxidation sites excluding steroid dienone is 7. The van der Waals surface area contributed by atoms with Gasteiger partial charge in [0.2, 0.25) is 0 Å². The highest BCUT2D eigenvalue weighted by molar-refractivity contribution is 5.23. The molecule has 0 aromatic rings. The summed E-state index contributed by atoms with van der Waals surface area (Å²) in [5.74, 6) is -0.233. The van der Waals surface area contributed by atoms with Crippen molar-refractivity contribution in [1.82, 2.24) is 0 Å². The minimum absolute atomic E-state index is 0.232. The van der Waals surface area contributed by atoms with E-state index in [4.69, 9.17) is 0 Å². The normalized spacial score (nSPS) is 11.6. The van der Waals surface area contributed by atoms with Crippen molar-refractivity contribution in [3.63, 3.8) is 0 Å². The summed E-state index contributed by atoms with van der Waals surface area (Å²) in [5, 5.41) is 0. The van der Waals surface area contributed by atoms with Crippen LogP contribution in [0.1, 0.15) is 6.42 Å². The molecule has 0 nitrogen and oxygen atoms in total. The third kappa shape index (κ3) is 5.42. The number of halogens is 1. The third-order valence-corrected chi connectivity index (χ3v) is 1.16. The Morgan fingerprint density at radius 2 is 1.92 bits per heavy atom. The maximum Gasteiger partial charge on any atom is 0.104 e. The lowest BCUT2D eigenvalue weighted by Gasteiger charge is -1.94. The maximum absolute atomic E-state index is 12.8. The summed E-state index contributed by atoms with van der Waals surface area (Å²) in [6.07, 6.45) is 8.05. The van der Waals surface area contributed by atoms with Gasteiger partial charge < -0.3 is 0 Å². The second-order valence-electron chi connectivity index (χ2n) is 2.28. The Hall–Kier alpha value is -1.37. The molecule has 12 heavy (non-hydrogen) atoms. The summed E-state index contributed by atoms with van der Waals surface area (Å²) in [5.41, 5.74) is 0.713. The van der Waals surface area contributed by atoms with Gasteiger partial charge in [0.25, 0.3) is 0 Å². The topological polar surface area (TPSA) is 0 Å². The number of hydrogen-bond donors (Lipinski definition) is 0. The van der Waals surface area contributed by atoms with Crippen LogP contribution in [-0.2, 0) is 0 Å². The van der Waals surface area contributed by atoms with Crippen molar-refractivity contribution in [3.05, 3.63) is 61.5 Å². The molecular formula is C11H13F. The first kappa shape index (κ1) is 10.6. The Kier molecular flexibility index (Phi) is 5.62. The monoisotopic (exact) mass is 164 g/mol. The molecule has 64 valence electrons. The van der Waals surface area contributed by atoms with E-state index < -0.39 is 0 Å². The van der Waals surface area contributed by atoms with Crippen LogP contribution in [0.5, 0.6) is 0 Å². The molecule has 0 saturated carbocycles. The SMILES string of the molecule is C=C/C=C\C(=C)C/C(F)=C\C=C. The molecule has 0 aromatic heterocycles. The van der Waals surface area contributed by atoms with Crippen LogP contribution in [0.15, 0.2) is 61.5 Å². The quantitative estimate of drug-likeness (QED) is 0.543. The molecule has 0 bridgehead atoms. The van der Waals surface area contributed by atoms with E-state index in [1.807, 2.05) is 0 Å². The molecule has 0 fully saturated rings. The van der Waals surface area contributed by atoms with Gasteiger partial charge in [0, 0.05) is 6.42 Å². The van der Waals surface area contributed by atoms with E-state index in [9.17, 15) is 4.39 Å². The van der Waals surface area contributed by atoms with Crippen LogP contribution in [0.4, 0.5) is 4.39 Å². The highest BCUT2D eigenvalue weighted by atomic mass is 19.1. The van der Waals surface area contributed by atoms with Gasteiger partial charge in [-0.05, 0) is 11.6 Å². The molecule has 0 amide bonds. The van der Waals surface area contributed by atoms with Gasteiger partial charge in [-0.3, -0.25) is 0 Å². The van der Waals surface area contributed by atoms with Crippen molar-refractivity contribution in [3.8, 4) is 0 Å². The van der Waals surface area contributed by atoms with Crippen molar-refractivity contribution in [1.29, 1.82) is 0 Å². The Morgan fingerprint density at radius 1 is 1.25 bits per heavy atom. The Balaban J connectivity index is 4.00. The second-order valence-corrected chi connectivity index (χ2v) is 2.28. The van der Waals surface area contributed by atoms with Gasteiger partial charge in [0.15, 0.2) is 0 Å². The zero-order valence-electron chi connectivity index (χ0n) is 7.09. The summed E-state index contributed by atoms with van der Waals surface area (Å²) < 4.78 is 12.8. The summed E-state index contributed by atoms with van der Waals surface area (Å²) in [7, 11) is 0. The molecule has 0 rings (SSSR count). The Bertz CT molecular complexity index is 231. The van der Waals surface area contributed by atoms with Crippen molar-refractivity contribution in [2.45, 2.75) is 6.42 Å². The predicted octanol–water partition coefficient (Wildman–Crippen LogP) is 3.71. The van der Waals surface area contributed by atoms with Crippen LogP contribution in [0.2, 0.25) is 0 Å². The van der Waals surface area contributed by atoms with Crippen LogP contribution >= 0.6 is 0 Å². The average Bonchev–Trinajstić information content (AvgIpc) is 2.01. The van der Waals surface area contributed by atoms with E-state index in [0.717, 1.165) is 0 Å². The number of rotatable bonds is 5. The summed E-state index contributed by atoms with van der Waals surface area (Å²) in [4.78, 5) is 0. The van der Waals surface area contributed by atoms with Crippen LogP contribution in [0.25, 0.3) is 0 Å². The van der Waals surface area contributed by atoms with Crippen LogP contribution in [0, 0.1) is 0 Å². The lowest BCUT2D eigenvalue weighted by molar-refractivity contribution is 0.614. The van der Waals surface area contributed by atoms with Gasteiger partial charge in [-0.2, -0.15) is 0 Å². The van der Waals surface area contributed by atoms with Gasteiger partial charge in [-0.25, -0.2) is 4.39 Å². The molecular weight excluding hydrogens is 151 g/mol. The zero-order chi connectivity index (χ0) is 9.40. The van der Waals surface area contributed by atoms with Crippen LogP contribution < -0.4 is 0 Å². The minimum atomic E-state index is -0.233. The second kappa shape index (κ2) is 6.35. The molecule has 0 aliphatic heterocycles. The predicted molar refractivity (Wildman–Crippen MR) is 52.5 cm³/mol. The molecule has 0 saturated heterocycles. The molecule has 0 spiro atoms. The van der Waals surface area contributed by atoms with E-state index in [1.54, 1.807) is 18.2 Å². The number of hydrogen-bond acceptors (Lipinski definition) is 0. The van der Waals surface area contributed by atoms with Crippen LogP contribution in [0.3, 0.4) is 0 Å². The van der Waals surface area contributed by atoms with E-state index >= 15 is 0 Å². The summed E-state index contributed by atoms with van der Waals surface area (Å²) in [6, 6.07) is 0. The third-order valence-electron chi connectivity index (χ3n) is 1.16. The highest BCUT2D eigenvalue weighted by Crippen LogP contribution is 2.11. The first-order chi connectivity index (χ1) is 5.70. The minimum Gasteiger partial charge on any atom is -0.211 e. The fourth-order valence-corrected chi connectivity index (χ4v) is 0.667. The smallest absolute Gasteiger partial charge is 0.104 e. The summed E-state index contributed by atoms with van der Waals surface area (Å²) in [6.45, 7) is 10.6. The van der Waals surface area contributed by atoms with Gasteiger partial charge in [-0.1, -0.05) is 44.0 Å². The molecule has 0 heterocycles. The van der Waals surface area contributed by atoms with Crippen molar-refractivity contribution in [2.24, 2.45) is 0 Å². The average molecular weight is 164 g/mol. The van der Waals surface area contributed by atoms with Crippen LogP contribution in [-0.4, -0.2) is 0 Å². The van der Waals surface area contributed by atoms with Crippen molar-refractivity contribution >= 4 is 0 Å². The standard InChI is InChI=1S/C11H13F/c1-4-6-8-10(3)9-11(12)7-5-2/h4-8H,1-3,9H2/b8-6-,11-7+. The highest BCUT2D eigenvalue weighted by Gasteiger charge is 1.93. The van der Waals surface area contributed by atoms with Crippen molar-refractivity contribution in [2.75, 3.05) is 0 Å². The largest absolute Gasteiger partial charge is 0.211 e. The van der Waals surface area contributed by atoms with Crippen molar-refractivity contribution < 1.29 is 4.39 Å². The van der Waals surface area contributed by atoms with E-state index in [0.29, 0.717) is 5.57 Å². The fraction of sp³-hybridized carbons (Fsp3) is 0.0909. The maximum atomic E-state index is 12.8. The molecule has 0 aliphatic rings. The Labute approximate surface area is 73.1 Å². The summed E-state index contributed by atoms with van der Waals surface area (Å²) >= 11 is 0. The molecule has 0 N–H and O–H groups in total. The molecule has 0 aliphatic carbocycles. The first-order valence-electron chi connectivity index (χ1n) is 3.64. The van der Waals surface area contributed by atoms with E-state index in [2.05, 4.69) is 19.7 Å². The molecule has 0 aromatic carbocycles. The lowest BCUT2D eigenvalue weighted by Crippen LogP contribution is -1.76. The lowest BCUT2D eigenvalue weighted by atomic mass is 10.2. The zero-order valence-corrected chi connectivity index (χ0v) is 7.09. The van der Waals surface area contributed by atoms with Gasteiger partial charge in [0.1, 0.15) is 5.83 Å². The molecule has 1 heteroatoms. The Morgan fingerprint density at radius 3 is 2.42 bits per heavy atom. The van der Waals surface area contributed by atoms with Gasteiger partial charge in [0.05, 0.1) is 0 Å². The molecule has 0 radical (unpaired) electrons. The van der Waals surface area contributed by atoms with Gasteiger partial charge in [-0.15, -0.1) is 0 Å². The van der Waals surface area contributed by atoms with E-state index in [-0.39, 0.29) is 12.2 Å². The molecule has 0 atom stereocenters. The van der Waals surface area contributed by atoms with E-state index in [1.165, 1.54) is 12.2 Å². The van der Waals surface area contributed by atoms with Gasteiger partial charge >= 0.3 is 0 Å².